The second-order valence-corrected chi connectivity index (χ2v) is 19.9. The molecule has 19 atom stereocenters. The van der Waals surface area contributed by atoms with Gasteiger partial charge >= 0.3 is 11.9 Å². The van der Waals surface area contributed by atoms with Gasteiger partial charge in [-0.1, -0.05) is 90.9 Å². The highest BCUT2D eigenvalue weighted by Crippen LogP contribution is 2.39. The van der Waals surface area contributed by atoms with Crippen LogP contribution in [0.25, 0.3) is 0 Å². The third kappa shape index (κ3) is 19.7. The van der Waals surface area contributed by atoms with Crippen LogP contribution in [0.2, 0.25) is 0 Å². The van der Waals surface area contributed by atoms with E-state index in [9.17, 15) is 65.8 Å². The number of nitrogens with two attached hydrogens (primary N) is 1. The van der Waals surface area contributed by atoms with Gasteiger partial charge in [-0.05, 0) is 51.9 Å². The maximum Gasteiger partial charge on any atom is 0.311 e. The molecule has 65 heavy (non-hydrogen) atoms. The van der Waals surface area contributed by atoms with Gasteiger partial charge in [0, 0.05) is 31.6 Å². The average Bonchev–Trinajstić information content (AvgIpc) is 3.21. The molecule has 0 radical (unpaired) electrons. The lowest BCUT2D eigenvalue weighted by molar-refractivity contribution is -0.311. The molecule has 2 bridgehead atoms. The van der Waals surface area contributed by atoms with Crippen LogP contribution in [0.15, 0.2) is 0 Å². The summed E-state index contributed by atoms with van der Waals surface area (Å²) in [6.45, 7) is 7.11. The van der Waals surface area contributed by atoms with Crippen LogP contribution in [0.5, 0.6) is 0 Å². The Bertz CT molecular complexity index is 1350. The first kappa shape index (κ1) is 57.7. The highest BCUT2D eigenvalue weighted by molar-refractivity contribution is 5.71. The number of hydrogen-bond acceptors (Lipinski definition) is 17. The summed E-state index contributed by atoms with van der Waals surface area (Å²) in [6.07, 6.45) is -5.73. The molecule has 3 fully saturated rings. The van der Waals surface area contributed by atoms with E-state index in [2.05, 4.69) is 0 Å². The van der Waals surface area contributed by atoms with Crippen LogP contribution in [0, 0.1) is 17.8 Å². The second-order valence-electron chi connectivity index (χ2n) is 19.9. The van der Waals surface area contributed by atoms with Crippen molar-refractivity contribution >= 4 is 11.9 Å². The molecule has 0 saturated carbocycles. The quantitative estimate of drug-likeness (QED) is 0.181. The maximum absolute atomic E-state index is 12.7. The minimum Gasteiger partial charge on any atom is -0.481 e. The third-order valence-corrected chi connectivity index (χ3v) is 14.1. The molecular weight excluding hydrogens is 851 g/mol. The van der Waals surface area contributed by atoms with Gasteiger partial charge in [-0.25, -0.2) is 0 Å². The molecule has 3 aliphatic heterocycles. The number of hydrogen-bond donors (Lipinski definition) is 12. The first-order chi connectivity index (χ1) is 30.6. The summed E-state index contributed by atoms with van der Waals surface area (Å²) >= 11 is 0. The van der Waals surface area contributed by atoms with Gasteiger partial charge < -0.3 is 80.9 Å². The van der Waals surface area contributed by atoms with Gasteiger partial charge in [0.25, 0.3) is 0 Å². The van der Waals surface area contributed by atoms with Crippen molar-refractivity contribution in [3.05, 3.63) is 0 Å². The van der Waals surface area contributed by atoms with E-state index in [1.54, 1.807) is 13.8 Å². The van der Waals surface area contributed by atoms with Crippen molar-refractivity contribution in [2.45, 2.75) is 266 Å². The molecule has 3 heterocycles. The fraction of sp³-hybridized carbons (Fsp3) is 0.957. The van der Waals surface area contributed by atoms with Crippen molar-refractivity contribution in [2.24, 2.45) is 23.5 Å². The van der Waals surface area contributed by atoms with E-state index in [-0.39, 0.29) is 37.5 Å². The number of aliphatic hydroxyl groups excluding tert-OH is 9. The van der Waals surface area contributed by atoms with Crippen LogP contribution in [-0.4, -0.2) is 166 Å². The Kier molecular flexibility index (Phi) is 25.5. The first-order valence-electron chi connectivity index (χ1n) is 24.6. The lowest BCUT2D eigenvalue weighted by Gasteiger charge is -2.45. The number of aliphatic hydroxyl groups is 10. The van der Waals surface area contributed by atoms with E-state index in [4.69, 9.17) is 24.7 Å². The minimum atomic E-state index is -2.26. The predicted octanol–water partition coefficient (Wildman–Crippen LogP) is 2.28. The molecule has 18 nitrogen and oxygen atoms in total. The molecule has 0 amide bonds. The molecule has 382 valence electrons. The summed E-state index contributed by atoms with van der Waals surface area (Å²) in [5.74, 6) is -6.16. The monoisotopic (exact) mass is 938 g/mol. The van der Waals surface area contributed by atoms with Gasteiger partial charge in [0.15, 0.2) is 12.1 Å². The summed E-state index contributed by atoms with van der Waals surface area (Å²) < 4.78 is 23.5. The number of rotatable bonds is 3. The van der Waals surface area contributed by atoms with Crippen molar-refractivity contribution < 1.29 is 84.7 Å². The summed E-state index contributed by atoms with van der Waals surface area (Å²) in [6, 6.07) is -1.08. The van der Waals surface area contributed by atoms with Crippen LogP contribution in [0.4, 0.5) is 0 Å². The highest BCUT2D eigenvalue weighted by Gasteiger charge is 2.51. The molecular formula is C47H87NO17. The van der Waals surface area contributed by atoms with Crippen molar-refractivity contribution in [2.75, 3.05) is 0 Å². The van der Waals surface area contributed by atoms with Crippen molar-refractivity contribution in [3.8, 4) is 0 Å². The fourth-order valence-electron chi connectivity index (χ4n) is 9.71. The largest absolute Gasteiger partial charge is 0.481 e. The number of carbonyl (C=O) groups excluding carboxylic acids is 1. The molecule has 0 aromatic rings. The van der Waals surface area contributed by atoms with Crippen molar-refractivity contribution in [1.82, 2.24) is 0 Å². The maximum atomic E-state index is 12.7. The van der Waals surface area contributed by atoms with E-state index >= 15 is 0 Å². The van der Waals surface area contributed by atoms with E-state index in [0.717, 1.165) is 77.0 Å². The van der Waals surface area contributed by atoms with E-state index < -0.39 is 141 Å². The Labute approximate surface area is 385 Å². The Morgan fingerprint density at radius 2 is 1.20 bits per heavy atom. The predicted molar refractivity (Wildman–Crippen MR) is 238 cm³/mol. The van der Waals surface area contributed by atoms with Crippen LogP contribution in [-0.2, 0) is 28.5 Å². The van der Waals surface area contributed by atoms with Gasteiger partial charge in [0.2, 0.25) is 0 Å². The smallest absolute Gasteiger partial charge is 0.311 e. The summed E-state index contributed by atoms with van der Waals surface area (Å²) in [7, 11) is 0. The van der Waals surface area contributed by atoms with E-state index in [1.165, 1.54) is 0 Å². The number of fused-ring (bicyclic) bond motifs is 2. The zero-order valence-electron chi connectivity index (χ0n) is 39.4. The Balaban J connectivity index is 1.71. The van der Waals surface area contributed by atoms with Crippen molar-refractivity contribution in [1.29, 1.82) is 0 Å². The normalized spacial score (nSPS) is 43.8. The Morgan fingerprint density at radius 1 is 0.631 bits per heavy atom. The van der Waals surface area contributed by atoms with Gasteiger partial charge in [-0.15, -0.1) is 0 Å². The van der Waals surface area contributed by atoms with Crippen LogP contribution in [0.1, 0.15) is 169 Å². The number of aliphatic carboxylic acids is 1. The van der Waals surface area contributed by atoms with Crippen LogP contribution < -0.4 is 5.73 Å². The molecule has 0 aromatic carbocycles. The number of cyclic esters (lactones) is 1. The molecule has 18 heteroatoms. The minimum absolute atomic E-state index is 0.00839. The topological polar surface area (TPSA) is 320 Å². The lowest BCUT2D eigenvalue weighted by Crippen LogP contribution is -2.61. The number of ether oxygens (including phenoxy) is 4. The summed E-state index contributed by atoms with van der Waals surface area (Å²) in [5.41, 5.74) is 6.07. The standard InChI is InChI=1S/C47H87NO17/c1-27-17-15-13-11-9-7-5-6-8-10-12-14-16-18-34(64-46-44(58)41(48)43(57)30(4)63-46)24-38-40(45(59)60)37(54)26-47(61,65-38)25-33(51)22-36(53)35(52)20-19-31(49)21-32(50)23-39(55)62-29(3)28(2)42(27)56/h27-38,40-44,46,49-54,56-58,61H,5-26,48H2,1-4H3,(H,59,60)/t27-,28-,29-,30+,31+,32-,33-,34-,35+,36+,37-,38-,40+,41-,42+,43+,44-,46-,47+/m0/s1. The molecule has 0 spiro atoms. The molecule has 13 N–H and O–H groups in total. The van der Waals surface area contributed by atoms with Gasteiger partial charge in [0.05, 0.1) is 79.6 Å². The third-order valence-electron chi connectivity index (χ3n) is 14.1. The van der Waals surface area contributed by atoms with Crippen molar-refractivity contribution in [3.63, 3.8) is 0 Å². The molecule has 0 aliphatic carbocycles. The Morgan fingerprint density at radius 3 is 1.78 bits per heavy atom. The SMILES string of the molecule is C[C@@H]1[C@H](O)[C@@H](C)CCCCCCCCCCCCCC[C@H](O[C@@H]2O[C@H](C)[C@@H](O)[C@H](N)[C@@H]2O)C[C@@H]2O[C@](O)(C[C@@H](O)C[C@@H](O)[C@H](O)CC[C@@H](O)C[C@H](O)CC(=O)O[C@H]1C)C[C@H](O)[C@H]2C(=O)O. The zero-order valence-corrected chi connectivity index (χ0v) is 39.4. The molecule has 3 rings (SSSR count). The number of carboxylic acids is 1. The van der Waals surface area contributed by atoms with E-state index in [0.29, 0.717) is 12.8 Å². The number of carboxylic acid groups (broad SMARTS) is 1. The zero-order chi connectivity index (χ0) is 48.4. The van der Waals surface area contributed by atoms with Gasteiger partial charge in [-0.3, -0.25) is 9.59 Å². The average molecular weight is 938 g/mol. The molecule has 3 aliphatic rings. The summed E-state index contributed by atoms with van der Waals surface area (Å²) in [4.78, 5) is 25.2. The lowest BCUT2D eigenvalue weighted by atomic mass is 9.82. The summed E-state index contributed by atoms with van der Waals surface area (Å²) in [5, 5.41) is 119. The van der Waals surface area contributed by atoms with Gasteiger partial charge in [-0.2, -0.15) is 0 Å². The molecule has 0 aromatic heterocycles. The molecule has 0 unspecified atom stereocenters. The van der Waals surface area contributed by atoms with Gasteiger partial charge in [0.1, 0.15) is 18.1 Å². The molecule has 3 saturated heterocycles. The number of carbonyl (C=O) groups is 2. The first-order valence-corrected chi connectivity index (χ1v) is 24.6. The van der Waals surface area contributed by atoms with Crippen LogP contribution >= 0.6 is 0 Å². The fourth-order valence-corrected chi connectivity index (χ4v) is 9.71. The van der Waals surface area contributed by atoms with E-state index in [1.807, 2.05) is 13.8 Å². The highest BCUT2D eigenvalue weighted by atomic mass is 16.7. The second kappa shape index (κ2) is 28.8. The Hall–Kier alpha value is -1.62. The van der Waals surface area contributed by atoms with Crippen LogP contribution in [0.3, 0.4) is 0 Å². The number of esters is 1.